The van der Waals surface area contributed by atoms with Crippen molar-refractivity contribution in [3.63, 3.8) is 0 Å². The van der Waals surface area contributed by atoms with E-state index in [0.29, 0.717) is 31.0 Å². The topological polar surface area (TPSA) is 72.9 Å². The van der Waals surface area contributed by atoms with Gasteiger partial charge in [0.1, 0.15) is 0 Å². The fourth-order valence-corrected chi connectivity index (χ4v) is 2.61. The lowest BCUT2D eigenvalue weighted by molar-refractivity contribution is -0.132. The third kappa shape index (κ3) is 4.61. The molecule has 0 radical (unpaired) electrons. The number of hydrogen-bond donors (Lipinski definition) is 2. The maximum atomic E-state index is 12.1. The molecule has 0 spiro atoms. The number of amides is 2. The largest absolute Gasteiger partial charge is 0.368 e. The molecule has 1 heterocycles. The maximum Gasteiger partial charge on any atom is 0.243 e. The van der Waals surface area contributed by atoms with Crippen molar-refractivity contribution in [1.82, 2.24) is 10.4 Å². The number of carbonyl (C=O) groups is 2. The summed E-state index contributed by atoms with van der Waals surface area (Å²) in [5.74, 6) is -0.401. The first-order valence-electron chi connectivity index (χ1n) is 7.31. The fourth-order valence-electron chi connectivity index (χ4n) is 2.48. The van der Waals surface area contributed by atoms with Gasteiger partial charge in [-0.25, -0.2) is 5.48 Å². The van der Waals surface area contributed by atoms with Crippen LogP contribution in [-0.2, 0) is 9.59 Å². The monoisotopic (exact) mass is 325 g/mol. The molecule has 2 amide bonds. The number of halogens is 1. The van der Waals surface area contributed by atoms with Crippen LogP contribution >= 0.6 is 11.6 Å². The van der Waals surface area contributed by atoms with Crippen molar-refractivity contribution in [2.45, 2.75) is 19.3 Å². The summed E-state index contributed by atoms with van der Waals surface area (Å²) in [6.07, 6.45) is 0.934. The molecule has 0 aromatic heterocycles. The average Bonchev–Trinajstić information content (AvgIpc) is 2.55. The summed E-state index contributed by atoms with van der Waals surface area (Å²) in [5, 5.41) is 9.11. The Morgan fingerprint density at radius 2 is 1.73 bits per heavy atom. The lowest BCUT2D eigenvalue weighted by Gasteiger charge is -2.36. The summed E-state index contributed by atoms with van der Waals surface area (Å²) >= 11 is 5.88. The standard InChI is InChI=1S/C15H20ClN3O3/c16-12-4-6-13(7-5-12)18-8-10-19(11-9-18)15(21)3-1-2-14(20)17-22/h4-7,22H,1-3,8-11H2,(H,17,20). The van der Waals surface area contributed by atoms with E-state index in [2.05, 4.69) is 4.90 Å². The van der Waals surface area contributed by atoms with Gasteiger partial charge in [-0.15, -0.1) is 0 Å². The van der Waals surface area contributed by atoms with Crippen LogP contribution in [0.3, 0.4) is 0 Å². The molecular formula is C15H20ClN3O3. The van der Waals surface area contributed by atoms with Crippen LogP contribution in [0.2, 0.25) is 5.02 Å². The van der Waals surface area contributed by atoms with Crippen molar-refractivity contribution >= 4 is 29.1 Å². The third-order valence-corrected chi connectivity index (χ3v) is 4.00. The lowest BCUT2D eigenvalue weighted by Crippen LogP contribution is -2.48. The van der Waals surface area contributed by atoms with Gasteiger partial charge in [-0.3, -0.25) is 14.8 Å². The van der Waals surface area contributed by atoms with Crippen molar-refractivity contribution in [3.05, 3.63) is 29.3 Å². The van der Waals surface area contributed by atoms with Gasteiger partial charge in [-0.05, 0) is 30.7 Å². The van der Waals surface area contributed by atoms with Crippen LogP contribution in [0.1, 0.15) is 19.3 Å². The molecule has 7 heteroatoms. The smallest absolute Gasteiger partial charge is 0.243 e. The summed E-state index contributed by atoms with van der Waals surface area (Å²) in [6, 6.07) is 7.68. The zero-order valence-corrected chi connectivity index (χ0v) is 13.1. The number of carbonyl (C=O) groups excluding carboxylic acids is 2. The number of rotatable bonds is 5. The number of hydroxylamine groups is 1. The first kappa shape index (κ1) is 16.6. The molecule has 0 aliphatic carbocycles. The highest BCUT2D eigenvalue weighted by atomic mass is 35.5. The van der Waals surface area contributed by atoms with Gasteiger partial charge in [-0.2, -0.15) is 0 Å². The van der Waals surface area contributed by atoms with Crippen molar-refractivity contribution in [2.24, 2.45) is 0 Å². The Kier molecular flexibility index (Phi) is 6.03. The number of nitrogens with zero attached hydrogens (tertiary/aromatic N) is 2. The van der Waals surface area contributed by atoms with Crippen molar-refractivity contribution in [3.8, 4) is 0 Å². The van der Waals surface area contributed by atoms with Crippen LogP contribution in [0.25, 0.3) is 0 Å². The molecule has 1 fully saturated rings. The molecule has 22 heavy (non-hydrogen) atoms. The molecular weight excluding hydrogens is 306 g/mol. The van der Waals surface area contributed by atoms with Gasteiger partial charge < -0.3 is 9.80 Å². The van der Waals surface area contributed by atoms with E-state index >= 15 is 0 Å². The normalized spacial score (nSPS) is 14.8. The van der Waals surface area contributed by atoms with Crippen LogP contribution in [0, 0.1) is 0 Å². The molecule has 120 valence electrons. The molecule has 2 rings (SSSR count). The zero-order valence-electron chi connectivity index (χ0n) is 12.3. The Balaban J connectivity index is 1.75. The molecule has 2 N–H and O–H groups in total. The molecule has 1 saturated heterocycles. The molecule has 0 unspecified atom stereocenters. The van der Waals surface area contributed by atoms with Crippen LogP contribution < -0.4 is 10.4 Å². The van der Waals surface area contributed by atoms with E-state index in [-0.39, 0.29) is 12.3 Å². The van der Waals surface area contributed by atoms with E-state index in [9.17, 15) is 9.59 Å². The van der Waals surface area contributed by atoms with Crippen LogP contribution in [0.15, 0.2) is 24.3 Å². The first-order chi connectivity index (χ1) is 10.6. The van der Waals surface area contributed by atoms with Crippen molar-refractivity contribution in [1.29, 1.82) is 0 Å². The SMILES string of the molecule is O=C(CCCC(=O)N1CCN(c2ccc(Cl)cc2)CC1)NO. The summed E-state index contributed by atoms with van der Waals surface area (Å²) < 4.78 is 0. The van der Waals surface area contributed by atoms with Crippen LogP contribution in [0.4, 0.5) is 5.69 Å². The second-order valence-corrected chi connectivity index (χ2v) is 5.67. The summed E-state index contributed by atoms with van der Waals surface area (Å²) in [5.41, 5.74) is 2.67. The molecule has 1 aliphatic heterocycles. The molecule has 6 nitrogen and oxygen atoms in total. The van der Waals surface area contributed by atoms with Crippen LogP contribution in [0.5, 0.6) is 0 Å². The second kappa shape index (κ2) is 8.00. The van der Waals surface area contributed by atoms with Gasteiger partial charge in [0.25, 0.3) is 0 Å². The van der Waals surface area contributed by atoms with Crippen molar-refractivity contribution < 1.29 is 14.8 Å². The highest BCUT2D eigenvalue weighted by Gasteiger charge is 2.21. The van der Waals surface area contributed by atoms with Gasteiger partial charge >= 0.3 is 0 Å². The van der Waals surface area contributed by atoms with E-state index in [0.717, 1.165) is 18.8 Å². The van der Waals surface area contributed by atoms with E-state index in [1.807, 2.05) is 29.2 Å². The van der Waals surface area contributed by atoms with E-state index in [1.54, 1.807) is 5.48 Å². The van der Waals surface area contributed by atoms with Gasteiger partial charge in [0, 0.05) is 49.7 Å². The third-order valence-electron chi connectivity index (χ3n) is 3.74. The highest BCUT2D eigenvalue weighted by molar-refractivity contribution is 6.30. The van der Waals surface area contributed by atoms with E-state index in [4.69, 9.17) is 16.8 Å². The van der Waals surface area contributed by atoms with E-state index < -0.39 is 5.91 Å². The molecule has 0 saturated carbocycles. The van der Waals surface area contributed by atoms with Gasteiger partial charge in [-0.1, -0.05) is 11.6 Å². The predicted molar refractivity (Wildman–Crippen MR) is 84.0 cm³/mol. The minimum Gasteiger partial charge on any atom is -0.368 e. The minimum atomic E-state index is -0.458. The number of piperazine rings is 1. The zero-order chi connectivity index (χ0) is 15.9. The van der Waals surface area contributed by atoms with Gasteiger partial charge in [0.15, 0.2) is 0 Å². The molecule has 0 atom stereocenters. The lowest BCUT2D eigenvalue weighted by atomic mass is 10.2. The first-order valence-corrected chi connectivity index (χ1v) is 7.69. The molecule has 0 bridgehead atoms. The Labute approximate surface area is 134 Å². The molecule has 1 aromatic rings. The Morgan fingerprint density at radius 1 is 1.09 bits per heavy atom. The Morgan fingerprint density at radius 3 is 2.32 bits per heavy atom. The number of hydrogen-bond acceptors (Lipinski definition) is 4. The molecule has 1 aliphatic rings. The maximum absolute atomic E-state index is 12.1. The van der Waals surface area contributed by atoms with Crippen molar-refractivity contribution in [2.75, 3.05) is 31.1 Å². The Hall–Kier alpha value is -1.79. The van der Waals surface area contributed by atoms with E-state index in [1.165, 1.54) is 0 Å². The highest BCUT2D eigenvalue weighted by Crippen LogP contribution is 2.19. The fraction of sp³-hybridized carbons (Fsp3) is 0.467. The second-order valence-electron chi connectivity index (χ2n) is 5.23. The molecule has 1 aromatic carbocycles. The average molecular weight is 326 g/mol. The minimum absolute atomic E-state index is 0.0569. The van der Waals surface area contributed by atoms with Gasteiger partial charge in [0.05, 0.1) is 0 Å². The van der Waals surface area contributed by atoms with Crippen LogP contribution in [-0.4, -0.2) is 48.1 Å². The predicted octanol–water partition coefficient (Wildman–Crippen LogP) is 1.66. The Bertz CT molecular complexity index is 513. The quantitative estimate of drug-likeness (QED) is 0.638. The number of nitrogens with one attached hydrogen (secondary N) is 1. The number of benzene rings is 1. The number of anilines is 1. The summed E-state index contributed by atoms with van der Waals surface area (Å²) in [4.78, 5) is 27.0. The van der Waals surface area contributed by atoms with Gasteiger partial charge in [0.2, 0.25) is 11.8 Å². The summed E-state index contributed by atoms with van der Waals surface area (Å²) in [6.45, 7) is 2.91. The summed E-state index contributed by atoms with van der Waals surface area (Å²) in [7, 11) is 0.